The molecule has 1 aromatic carbocycles. The summed E-state index contributed by atoms with van der Waals surface area (Å²) in [4.78, 5) is 0. The minimum atomic E-state index is -1.97. The van der Waals surface area contributed by atoms with Crippen molar-refractivity contribution in [3.05, 3.63) is 36.4 Å². The molecule has 14 heavy (non-hydrogen) atoms. The van der Waals surface area contributed by atoms with Crippen molar-refractivity contribution < 1.29 is 8.85 Å². The third kappa shape index (κ3) is 3.01. The van der Waals surface area contributed by atoms with E-state index in [-0.39, 0.29) is 0 Å². The van der Waals surface area contributed by atoms with Crippen LogP contribution in [0.25, 0.3) is 6.08 Å². The van der Waals surface area contributed by atoms with Crippen LogP contribution in [0.1, 0.15) is 5.56 Å². The summed E-state index contributed by atoms with van der Waals surface area (Å²) < 4.78 is 11.0. The fourth-order valence-electron chi connectivity index (χ4n) is 0.997. The van der Waals surface area contributed by atoms with Crippen LogP contribution in [-0.2, 0) is 4.43 Å². The first-order valence-electron chi connectivity index (χ1n) is 4.54. The van der Waals surface area contributed by atoms with Crippen molar-refractivity contribution in [3.63, 3.8) is 0 Å². The highest BCUT2D eigenvalue weighted by molar-refractivity contribution is 6.65. The predicted octanol–water partition coefficient (Wildman–Crippen LogP) is 3.06. The Bertz CT molecular complexity index is 304. The Morgan fingerprint density at radius 3 is 2.21 bits per heavy atom. The Hall–Kier alpha value is -1.06. The van der Waals surface area contributed by atoms with E-state index in [4.69, 9.17) is 8.85 Å². The molecule has 0 N–H and O–H groups in total. The van der Waals surface area contributed by atoms with Crippen LogP contribution >= 0.6 is 0 Å². The summed E-state index contributed by atoms with van der Waals surface area (Å²) in [6, 6.07) is 7.82. The molecule has 0 saturated carbocycles. The highest BCUT2D eigenvalue weighted by Gasteiger charge is 2.24. The molecule has 0 bridgehead atoms. The van der Waals surface area contributed by atoms with Crippen molar-refractivity contribution in [1.82, 2.24) is 0 Å². The molecule has 0 aromatic heterocycles. The van der Waals surface area contributed by atoms with E-state index < -0.39 is 8.56 Å². The maximum absolute atomic E-state index is 5.73. The molecule has 1 aromatic rings. The third-order valence-electron chi connectivity index (χ3n) is 1.97. The zero-order valence-corrected chi connectivity index (χ0v) is 9.91. The van der Waals surface area contributed by atoms with Gasteiger partial charge in [0.1, 0.15) is 5.75 Å². The van der Waals surface area contributed by atoms with Gasteiger partial charge in [0.05, 0.1) is 0 Å². The molecule has 2 nitrogen and oxygen atoms in total. The molecule has 0 heterocycles. The largest absolute Gasteiger partial charge is 0.520 e. The standard InChI is InChI=1S/C11H16O2Si/c1-5-10-6-8-11(9-7-10)13-14(3,4)12-2/h5-9H,1H2,2-4H3. The van der Waals surface area contributed by atoms with Gasteiger partial charge in [0, 0.05) is 7.11 Å². The van der Waals surface area contributed by atoms with Gasteiger partial charge in [-0.3, -0.25) is 0 Å². The summed E-state index contributed by atoms with van der Waals surface area (Å²) in [6.45, 7) is 7.71. The molecule has 0 amide bonds. The van der Waals surface area contributed by atoms with Crippen molar-refractivity contribution >= 4 is 14.6 Å². The fraction of sp³-hybridized carbons (Fsp3) is 0.273. The summed E-state index contributed by atoms with van der Waals surface area (Å²) in [5.41, 5.74) is 1.09. The van der Waals surface area contributed by atoms with Crippen molar-refractivity contribution in [3.8, 4) is 5.75 Å². The van der Waals surface area contributed by atoms with E-state index in [0.717, 1.165) is 11.3 Å². The van der Waals surface area contributed by atoms with Gasteiger partial charge in [-0.2, -0.15) is 0 Å². The van der Waals surface area contributed by atoms with Gasteiger partial charge in [-0.05, 0) is 30.8 Å². The Morgan fingerprint density at radius 1 is 1.21 bits per heavy atom. The number of hydrogen-bond acceptors (Lipinski definition) is 2. The minimum Gasteiger partial charge on any atom is -0.520 e. The summed E-state index contributed by atoms with van der Waals surface area (Å²) in [7, 11) is -0.287. The first-order valence-corrected chi connectivity index (χ1v) is 7.36. The second-order valence-corrected chi connectivity index (χ2v) is 6.89. The lowest BCUT2D eigenvalue weighted by molar-refractivity contribution is 0.314. The van der Waals surface area contributed by atoms with Gasteiger partial charge in [0.15, 0.2) is 0 Å². The first kappa shape index (κ1) is 11.0. The maximum Gasteiger partial charge on any atom is 0.392 e. The minimum absolute atomic E-state index is 0.856. The second-order valence-electron chi connectivity index (χ2n) is 3.48. The fourth-order valence-corrected chi connectivity index (χ4v) is 1.78. The summed E-state index contributed by atoms with van der Waals surface area (Å²) >= 11 is 0. The number of rotatable bonds is 4. The van der Waals surface area contributed by atoms with Crippen LogP contribution in [-0.4, -0.2) is 15.7 Å². The quantitative estimate of drug-likeness (QED) is 0.708. The van der Waals surface area contributed by atoms with Crippen molar-refractivity contribution in [2.75, 3.05) is 7.11 Å². The lowest BCUT2D eigenvalue weighted by Gasteiger charge is -2.21. The lowest BCUT2D eigenvalue weighted by Crippen LogP contribution is -2.36. The molecule has 0 aliphatic rings. The van der Waals surface area contributed by atoms with Crippen molar-refractivity contribution in [2.24, 2.45) is 0 Å². The molecule has 0 aliphatic carbocycles. The van der Waals surface area contributed by atoms with Gasteiger partial charge < -0.3 is 8.85 Å². The van der Waals surface area contributed by atoms with Crippen LogP contribution in [0.2, 0.25) is 13.1 Å². The zero-order valence-electron chi connectivity index (χ0n) is 8.91. The zero-order chi connectivity index (χ0) is 10.6. The number of benzene rings is 1. The molecule has 0 spiro atoms. The van der Waals surface area contributed by atoms with Crippen molar-refractivity contribution in [2.45, 2.75) is 13.1 Å². The van der Waals surface area contributed by atoms with E-state index in [2.05, 4.69) is 6.58 Å². The van der Waals surface area contributed by atoms with Gasteiger partial charge in [-0.25, -0.2) is 0 Å². The molecule has 0 saturated heterocycles. The van der Waals surface area contributed by atoms with Gasteiger partial charge in [-0.1, -0.05) is 24.8 Å². The maximum atomic E-state index is 5.73. The monoisotopic (exact) mass is 208 g/mol. The molecule has 0 aliphatic heterocycles. The van der Waals surface area contributed by atoms with Gasteiger partial charge in [0.2, 0.25) is 0 Å². The number of hydrogen-bond donors (Lipinski definition) is 0. The average molecular weight is 208 g/mol. The van der Waals surface area contributed by atoms with Crippen LogP contribution in [0.4, 0.5) is 0 Å². The van der Waals surface area contributed by atoms with Gasteiger partial charge in [-0.15, -0.1) is 0 Å². The first-order chi connectivity index (χ1) is 6.57. The molecule has 76 valence electrons. The Morgan fingerprint density at radius 2 is 1.79 bits per heavy atom. The molecular weight excluding hydrogens is 192 g/mol. The Kier molecular flexibility index (Phi) is 3.49. The SMILES string of the molecule is C=Cc1ccc(O[Si](C)(C)OC)cc1. The molecular formula is C11H16O2Si. The normalized spacial score (nSPS) is 11.1. The molecule has 1 rings (SSSR count). The van der Waals surface area contributed by atoms with E-state index in [1.807, 2.05) is 43.4 Å². The lowest BCUT2D eigenvalue weighted by atomic mass is 10.2. The third-order valence-corrected chi connectivity index (χ3v) is 3.68. The van der Waals surface area contributed by atoms with E-state index >= 15 is 0 Å². The van der Waals surface area contributed by atoms with Crippen LogP contribution in [0, 0.1) is 0 Å². The van der Waals surface area contributed by atoms with Gasteiger partial charge in [0.25, 0.3) is 0 Å². The van der Waals surface area contributed by atoms with Crippen molar-refractivity contribution in [1.29, 1.82) is 0 Å². The van der Waals surface area contributed by atoms with E-state index in [0.29, 0.717) is 0 Å². The topological polar surface area (TPSA) is 18.5 Å². The van der Waals surface area contributed by atoms with Gasteiger partial charge >= 0.3 is 8.56 Å². The van der Waals surface area contributed by atoms with E-state index in [1.165, 1.54) is 0 Å². The second kappa shape index (κ2) is 4.44. The molecule has 0 atom stereocenters. The van der Waals surface area contributed by atoms with E-state index in [9.17, 15) is 0 Å². The molecule has 3 heteroatoms. The van der Waals surface area contributed by atoms with E-state index in [1.54, 1.807) is 7.11 Å². The molecule has 0 radical (unpaired) electrons. The predicted molar refractivity (Wildman–Crippen MR) is 61.7 cm³/mol. The van der Waals surface area contributed by atoms with Crippen LogP contribution in [0.3, 0.4) is 0 Å². The highest BCUT2D eigenvalue weighted by atomic mass is 28.4. The summed E-state index contributed by atoms with van der Waals surface area (Å²) in [5.74, 6) is 0.856. The molecule has 0 unspecified atom stereocenters. The smallest absolute Gasteiger partial charge is 0.392 e. The summed E-state index contributed by atoms with van der Waals surface area (Å²) in [5, 5.41) is 0. The summed E-state index contributed by atoms with van der Waals surface area (Å²) in [6.07, 6.45) is 1.81. The van der Waals surface area contributed by atoms with Crippen LogP contribution in [0.15, 0.2) is 30.8 Å². The highest BCUT2D eigenvalue weighted by Crippen LogP contribution is 2.17. The molecule has 0 fully saturated rings. The van der Waals surface area contributed by atoms with Crippen LogP contribution < -0.4 is 4.43 Å². The van der Waals surface area contributed by atoms with Crippen LogP contribution in [0.5, 0.6) is 5.75 Å². The Labute approximate surface area is 86.4 Å². The average Bonchev–Trinajstić information content (AvgIpc) is 2.19. The Balaban J connectivity index is 2.73.